The van der Waals surface area contributed by atoms with Crippen molar-refractivity contribution in [2.45, 2.75) is 45.9 Å². The molecule has 0 aliphatic carbocycles. The third kappa shape index (κ3) is 8.63. The first-order valence-electron chi connectivity index (χ1n) is 9.99. The smallest absolute Gasteiger partial charge is 0.361 e. The highest BCUT2D eigenvalue weighted by Crippen LogP contribution is 2.11. The second-order valence-corrected chi connectivity index (χ2v) is 7.57. The van der Waals surface area contributed by atoms with Gasteiger partial charge in [-0.15, -0.1) is 0 Å². The minimum atomic E-state index is -2.48. The molecule has 2 atom stereocenters. The third-order valence-electron chi connectivity index (χ3n) is 4.17. The standard InChI is InChI=1S/C21H31N3O7/c1-5-31-19(28)21(30,23-15(4)25)13-24(12-14(2)3)20(29)22-17(18(26)27)11-16-9-7-6-8-10-16/h6-10,14,17,30H,5,11-13H2,1-4H3,(H,22,29)(H,23,25)(H,26,27)/t17-,21?/m0/s1. The van der Waals surface area contributed by atoms with E-state index < -0.39 is 42.2 Å². The number of nitrogens with zero attached hydrogens (tertiary/aromatic N) is 1. The van der Waals surface area contributed by atoms with Crippen molar-refractivity contribution in [3.05, 3.63) is 35.9 Å². The quantitative estimate of drug-likeness (QED) is 0.295. The molecule has 172 valence electrons. The van der Waals surface area contributed by atoms with Crippen LogP contribution in [-0.4, -0.2) is 70.5 Å². The molecule has 4 N–H and O–H groups in total. The molecule has 31 heavy (non-hydrogen) atoms. The van der Waals surface area contributed by atoms with Gasteiger partial charge in [-0.05, 0) is 18.4 Å². The van der Waals surface area contributed by atoms with Crippen molar-refractivity contribution in [1.82, 2.24) is 15.5 Å². The molecular weight excluding hydrogens is 406 g/mol. The van der Waals surface area contributed by atoms with Gasteiger partial charge in [-0.1, -0.05) is 44.2 Å². The summed E-state index contributed by atoms with van der Waals surface area (Å²) in [4.78, 5) is 49.5. The largest absolute Gasteiger partial charge is 0.480 e. The zero-order chi connectivity index (χ0) is 23.6. The Labute approximate surface area is 181 Å². The molecular formula is C21H31N3O7. The molecule has 0 saturated carbocycles. The van der Waals surface area contributed by atoms with Crippen LogP contribution in [0.3, 0.4) is 0 Å². The number of hydrogen-bond acceptors (Lipinski definition) is 6. The van der Waals surface area contributed by atoms with Crippen LogP contribution in [0.25, 0.3) is 0 Å². The number of aliphatic hydroxyl groups is 1. The number of urea groups is 1. The summed E-state index contributed by atoms with van der Waals surface area (Å²) >= 11 is 0. The van der Waals surface area contributed by atoms with Crippen molar-refractivity contribution in [3.8, 4) is 0 Å². The van der Waals surface area contributed by atoms with Gasteiger partial charge in [-0.3, -0.25) is 4.79 Å². The number of carbonyl (C=O) groups excluding carboxylic acids is 3. The van der Waals surface area contributed by atoms with E-state index in [4.69, 9.17) is 4.74 Å². The Morgan fingerprint density at radius 1 is 1.16 bits per heavy atom. The molecule has 0 radical (unpaired) electrons. The predicted octanol–water partition coefficient (Wildman–Crippen LogP) is 0.738. The predicted molar refractivity (Wildman–Crippen MR) is 112 cm³/mol. The Morgan fingerprint density at radius 2 is 1.77 bits per heavy atom. The van der Waals surface area contributed by atoms with Crippen LogP contribution in [-0.2, 0) is 25.5 Å². The van der Waals surface area contributed by atoms with Crippen LogP contribution in [0, 0.1) is 5.92 Å². The van der Waals surface area contributed by atoms with E-state index in [1.54, 1.807) is 44.2 Å². The summed E-state index contributed by atoms with van der Waals surface area (Å²) in [5.41, 5.74) is -1.77. The molecule has 1 aromatic rings. The summed E-state index contributed by atoms with van der Waals surface area (Å²) < 4.78 is 4.84. The van der Waals surface area contributed by atoms with Crippen LogP contribution >= 0.6 is 0 Å². The van der Waals surface area contributed by atoms with Gasteiger partial charge in [-0.2, -0.15) is 0 Å². The molecule has 0 aromatic heterocycles. The highest BCUT2D eigenvalue weighted by atomic mass is 16.6. The summed E-state index contributed by atoms with van der Waals surface area (Å²) in [6.45, 7) is 5.68. The maximum atomic E-state index is 12.9. The summed E-state index contributed by atoms with van der Waals surface area (Å²) in [5.74, 6) is -3.13. The minimum absolute atomic E-state index is 0.0464. The first-order valence-corrected chi connectivity index (χ1v) is 9.99. The van der Waals surface area contributed by atoms with Crippen molar-refractivity contribution in [2.24, 2.45) is 5.92 Å². The first kappa shape index (κ1) is 25.9. The summed E-state index contributed by atoms with van der Waals surface area (Å²) in [7, 11) is 0. The molecule has 0 spiro atoms. The van der Waals surface area contributed by atoms with Gasteiger partial charge in [-0.25, -0.2) is 14.4 Å². The van der Waals surface area contributed by atoms with Gasteiger partial charge in [0.25, 0.3) is 5.72 Å². The normalized spacial score (nSPS) is 13.6. The zero-order valence-corrected chi connectivity index (χ0v) is 18.3. The third-order valence-corrected chi connectivity index (χ3v) is 4.17. The number of carbonyl (C=O) groups is 4. The van der Waals surface area contributed by atoms with Gasteiger partial charge in [0.1, 0.15) is 6.04 Å². The van der Waals surface area contributed by atoms with Crippen molar-refractivity contribution in [3.63, 3.8) is 0 Å². The summed E-state index contributed by atoms with van der Waals surface area (Å²) in [5, 5.41) is 24.8. The van der Waals surface area contributed by atoms with E-state index in [1.165, 1.54) is 6.92 Å². The Kier molecular flexibility index (Phi) is 9.94. The number of benzene rings is 1. The summed E-state index contributed by atoms with van der Waals surface area (Å²) in [6, 6.07) is 6.75. The van der Waals surface area contributed by atoms with Crippen molar-refractivity contribution >= 4 is 23.9 Å². The number of carboxylic acids is 1. The van der Waals surface area contributed by atoms with E-state index in [1.807, 2.05) is 0 Å². The topological polar surface area (TPSA) is 145 Å². The lowest BCUT2D eigenvalue weighted by molar-refractivity contribution is -0.172. The Bertz CT molecular complexity index is 769. The van der Waals surface area contributed by atoms with Crippen molar-refractivity contribution < 1.29 is 34.1 Å². The maximum Gasteiger partial charge on any atom is 0.361 e. The van der Waals surface area contributed by atoms with E-state index >= 15 is 0 Å². The highest BCUT2D eigenvalue weighted by molar-refractivity contribution is 5.87. The number of nitrogens with one attached hydrogen (secondary N) is 2. The number of ether oxygens (including phenoxy) is 1. The fourth-order valence-electron chi connectivity index (χ4n) is 2.92. The van der Waals surface area contributed by atoms with Gasteiger partial charge in [0.05, 0.1) is 13.2 Å². The van der Waals surface area contributed by atoms with Crippen LogP contribution in [0.4, 0.5) is 4.79 Å². The fraction of sp³-hybridized carbons (Fsp3) is 0.524. The fourth-order valence-corrected chi connectivity index (χ4v) is 2.92. The second kappa shape index (κ2) is 11.9. The molecule has 10 heteroatoms. The number of amides is 3. The summed E-state index contributed by atoms with van der Waals surface area (Å²) in [6.07, 6.45) is 0.0469. The Morgan fingerprint density at radius 3 is 2.26 bits per heavy atom. The van der Waals surface area contributed by atoms with Gasteiger partial charge < -0.3 is 30.5 Å². The monoisotopic (exact) mass is 437 g/mol. The molecule has 1 aromatic carbocycles. The molecule has 10 nitrogen and oxygen atoms in total. The molecule has 0 heterocycles. The van der Waals surface area contributed by atoms with Crippen molar-refractivity contribution in [2.75, 3.05) is 19.7 Å². The van der Waals surface area contributed by atoms with Gasteiger partial charge >= 0.3 is 18.0 Å². The molecule has 1 rings (SSSR count). The molecule has 0 aliphatic rings. The van der Waals surface area contributed by atoms with Crippen LogP contribution in [0.2, 0.25) is 0 Å². The van der Waals surface area contributed by atoms with Gasteiger partial charge in [0, 0.05) is 19.9 Å². The SMILES string of the molecule is CCOC(=O)C(O)(CN(CC(C)C)C(=O)N[C@@H](Cc1ccccc1)C(=O)O)NC(C)=O. The molecule has 0 aliphatic heterocycles. The number of carboxylic acid groups (broad SMARTS) is 1. The molecule has 0 saturated heterocycles. The van der Waals surface area contributed by atoms with E-state index in [2.05, 4.69) is 10.6 Å². The number of aliphatic carboxylic acids is 1. The Hall–Kier alpha value is -3.14. The Balaban J connectivity index is 3.08. The van der Waals surface area contributed by atoms with Gasteiger partial charge in [0.15, 0.2) is 0 Å². The maximum absolute atomic E-state index is 12.9. The molecule has 0 fully saturated rings. The molecule has 1 unspecified atom stereocenters. The number of esters is 1. The first-order chi connectivity index (χ1) is 14.5. The lowest BCUT2D eigenvalue weighted by Crippen LogP contribution is -2.63. The lowest BCUT2D eigenvalue weighted by atomic mass is 10.1. The van der Waals surface area contributed by atoms with Crippen molar-refractivity contribution in [1.29, 1.82) is 0 Å². The van der Waals surface area contributed by atoms with Crippen LogP contribution in [0.5, 0.6) is 0 Å². The van der Waals surface area contributed by atoms with Crippen LogP contribution in [0.15, 0.2) is 30.3 Å². The van der Waals surface area contributed by atoms with E-state index in [0.717, 1.165) is 11.8 Å². The van der Waals surface area contributed by atoms with Crippen LogP contribution in [0.1, 0.15) is 33.3 Å². The number of hydrogen-bond donors (Lipinski definition) is 4. The average Bonchev–Trinajstić information content (AvgIpc) is 2.66. The molecule has 0 bridgehead atoms. The van der Waals surface area contributed by atoms with E-state index in [9.17, 15) is 29.4 Å². The lowest BCUT2D eigenvalue weighted by Gasteiger charge is -2.34. The van der Waals surface area contributed by atoms with E-state index in [0.29, 0.717) is 5.56 Å². The zero-order valence-electron chi connectivity index (χ0n) is 18.3. The average molecular weight is 437 g/mol. The minimum Gasteiger partial charge on any atom is -0.480 e. The van der Waals surface area contributed by atoms with Gasteiger partial charge in [0.2, 0.25) is 5.91 Å². The second-order valence-electron chi connectivity index (χ2n) is 7.57. The van der Waals surface area contributed by atoms with Crippen LogP contribution < -0.4 is 10.6 Å². The molecule has 3 amide bonds. The number of rotatable bonds is 11. The highest BCUT2D eigenvalue weighted by Gasteiger charge is 2.42. The van der Waals surface area contributed by atoms with E-state index in [-0.39, 0.29) is 25.5 Å².